The molecule has 1 aliphatic carbocycles. The maximum atomic E-state index is 13.3. The Morgan fingerprint density at radius 1 is 1.13 bits per heavy atom. The molecule has 0 saturated heterocycles. The number of ether oxygens (including phenoxy) is 2. The van der Waals surface area contributed by atoms with Gasteiger partial charge in [-0.3, -0.25) is 9.69 Å². The zero-order valence-electron chi connectivity index (χ0n) is 20.5. The van der Waals surface area contributed by atoms with Crippen LogP contribution < -0.4 is 25.4 Å². The van der Waals surface area contributed by atoms with Crippen LogP contribution in [-0.4, -0.2) is 58.7 Å². The molecule has 2 unspecified atom stereocenters. The number of aliphatic hydroxyl groups excluding tert-OH is 1. The van der Waals surface area contributed by atoms with Gasteiger partial charge in [0, 0.05) is 29.4 Å². The highest BCUT2D eigenvalue weighted by molar-refractivity contribution is 6.24. The van der Waals surface area contributed by atoms with Crippen LogP contribution in [-0.2, 0) is 11.2 Å². The Bertz CT molecular complexity index is 1440. The quantitative estimate of drug-likeness (QED) is 0.400. The first-order valence-electron chi connectivity index (χ1n) is 12.3. The molecule has 198 valence electrons. The Morgan fingerprint density at radius 3 is 2.61 bits per heavy atom. The second-order valence-electron chi connectivity index (χ2n) is 9.07. The summed E-state index contributed by atoms with van der Waals surface area (Å²) in [4.78, 5) is 30.3. The molecule has 0 bridgehead atoms. The topological polar surface area (TPSA) is 104 Å². The highest BCUT2D eigenvalue weighted by Crippen LogP contribution is 2.34. The van der Waals surface area contributed by atoms with E-state index in [-0.39, 0.29) is 36.8 Å². The van der Waals surface area contributed by atoms with Crippen LogP contribution in [0.2, 0.25) is 0 Å². The molecule has 0 radical (unpaired) electrons. The van der Waals surface area contributed by atoms with Gasteiger partial charge in [0.2, 0.25) is 0 Å². The van der Waals surface area contributed by atoms with E-state index in [2.05, 4.69) is 22.5 Å². The maximum Gasteiger partial charge on any atom is 0.416 e. The summed E-state index contributed by atoms with van der Waals surface area (Å²) in [5.74, 6) is -0.0132. The number of aliphatic hydroxyl groups is 1. The number of halogens is 2. The first kappa shape index (κ1) is 25.8. The lowest BCUT2D eigenvalue weighted by molar-refractivity contribution is -0.123. The number of nitrogens with one attached hydrogen (secondary N) is 2. The summed E-state index contributed by atoms with van der Waals surface area (Å²) in [6.07, 6.45) is 4.90. The van der Waals surface area contributed by atoms with Gasteiger partial charge in [0.05, 0.1) is 12.0 Å². The molecular weight excluding hydrogens is 513 g/mol. The van der Waals surface area contributed by atoms with Crippen molar-refractivity contribution in [3.8, 4) is 11.5 Å². The number of fused-ring (bicyclic) bond motifs is 3. The van der Waals surface area contributed by atoms with E-state index in [1.165, 1.54) is 24.3 Å². The van der Waals surface area contributed by atoms with Crippen molar-refractivity contribution in [3.05, 3.63) is 81.7 Å². The number of hydrogen-bond acceptors (Lipinski definition) is 5. The van der Waals surface area contributed by atoms with Crippen molar-refractivity contribution in [1.82, 2.24) is 15.2 Å². The van der Waals surface area contributed by atoms with E-state index in [0.717, 1.165) is 27.4 Å². The van der Waals surface area contributed by atoms with Crippen molar-refractivity contribution in [2.75, 3.05) is 26.3 Å². The molecule has 2 amide bonds. The third-order valence-electron chi connectivity index (χ3n) is 6.55. The van der Waals surface area contributed by atoms with Crippen molar-refractivity contribution in [3.63, 3.8) is 0 Å². The number of nitrogens with zero attached hydrogens (tertiary/aromatic N) is 1. The van der Waals surface area contributed by atoms with Gasteiger partial charge in [-0.1, -0.05) is 24.3 Å². The highest BCUT2D eigenvalue weighted by atomic mass is 35.5. The molecule has 10 heteroatoms. The van der Waals surface area contributed by atoms with Gasteiger partial charge in [0.15, 0.2) is 6.61 Å². The number of aromatic amines is 1. The van der Waals surface area contributed by atoms with Crippen LogP contribution in [0, 0.1) is 5.82 Å². The van der Waals surface area contributed by atoms with Crippen LogP contribution >= 0.6 is 11.6 Å². The normalized spacial score (nSPS) is 17.9. The maximum absolute atomic E-state index is 13.3. The summed E-state index contributed by atoms with van der Waals surface area (Å²) in [5, 5.41) is 13.3. The van der Waals surface area contributed by atoms with Crippen molar-refractivity contribution in [1.29, 1.82) is 0 Å². The fraction of sp³-hybridized carbons (Fsp3) is 0.286. The molecule has 0 saturated carbocycles. The van der Waals surface area contributed by atoms with Crippen molar-refractivity contribution in [2.24, 2.45) is 0 Å². The summed E-state index contributed by atoms with van der Waals surface area (Å²) in [7, 11) is 0. The lowest BCUT2D eigenvalue weighted by Crippen LogP contribution is -2.43. The fourth-order valence-electron chi connectivity index (χ4n) is 4.79. The SMILES string of the molecule is O=C(COc1ccc(C2c3[nH]c4c(c3CCN2C(=O)Oc2ccc(F)cc2)=CC(Cl)CC=4)cc1)NCCO. The second kappa shape index (κ2) is 11.3. The minimum atomic E-state index is -0.552. The molecule has 2 aliphatic rings. The van der Waals surface area contributed by atoms with Gasteiger partial charge in [-0.2, -0.15) is 0 Å². The van der Waals surface area contributed by atoms with Gasteiger partial charge >= 0.3 is 6.09 Å². The van der Waals surface area contributed by atoms with Crippen LogP contribution in [0.5, 0.6) is 11.5 Å². The Morgan fingerprint density at radius 2 is 1.87 bits per heavy atom. The molecule has 2 aromatic carbocycles. The molecule has 38 heavy (non-hydrogen) atoms. The van der Waals surface area contributed by atoms with Gasteiger partial charge < -0.3 is 24.9 Å². The van der Waals surface area contributed by atoms with E-state index in [9.17, 15) is 14.0 Å². The molecule has 1 aromatic heterocycles. The van der Waals surface area contributed by atoms with Gasteiger partial charge in [-0.05, 0) is 60.4 Å². The van der Waals surface area contributed by atoms with E-state index in [0.29, 0.717) is 25.1 Å². The third-order valence-corrected chi connectivity index (χ3v) is 6.85. The Kier molecular flexibility index (Phi) is 7.67. The largest absolute Gasteiger partial charge is 0.484 e. The minimum Gasteiger partial charge on any atom is -0.484 e. The van der Waals surface area contributed by atoms with Crippen molar-refractivity contribution < 1.29 is 28.6 Å². The van der Waals surface area contributed by atoms with E-state index in [1.807, 2.05) is 12.1 Å². The number of benzene rings is 2. The Hall–Kier alpha value is -3.82. The number of amides is 2. The molecular formula is C28H27ClFN3O5. The molecule has 5 rings (SSSR count). The van der Waals surface area contributed by atoms with E-state index in [1.54, 1.807) is 17.0 Å². The monoisotopic (exact) mass is 539 g/mol. The van der Waals surface area contributed by atoms with Crippen LogP contribution in [0.3, 0.4) is 0 Å². The molecule has 3 aromatic rings. The fourth-order valence-corrected chi connectivity index (χ4v) is 5.01. The smallest absolute Gasteiger partial charge is 0.416 e. The standard InChI is InChI=1S/C28H27ClFN3O5/c29-18-3-10-24-23(15-18)22-11-13-33(28(36)38-21-8-4-19(30)5-9-21)27(26(22)32-24)17-1-6-20(7-2-17)37-16-25(35)31-12-14-34/h1-2,4-10,15,18,27,32,34H,3,11-14,16H2,(H,31,35). The van der Waals surface area contributed by atoms with Crippen LogP contribution in [0.15, 0.2) is 48.5 Å². The minimum absolute atomic E-state index is 0.0895. The van der Waals surface area contributed by atoms with E-state index in [4.69, 9.17) is 26.2 Å². The van der Waals surface area contributed by atoms with E-state index < -0.39 is 18.0 Å². The van der Waals surface area contributed by atoms with Crippen LogP contribution in [0.25, 0.3) is 12.2 Å². The summed E-state index contributed by atoms with van der Waals surface area (Å²) in [6.45, 7) is 0.241. The summed E-state index contributed by atoms with van der Waals surface area (Å²) < 4.78 is 24.5. The Balaban J connectivity index is 1.44. The summed E-state index contributed by atoms with van der Waals surface area (Å²) >= 11 is 6.41. The molecule has 3 N–H and O–H groups in total. The number of carbonyl (C=O) groups excluding carboxylic acids is 2. The number of aromatic nitrogens is 1. The first-order chi connectivity index (χ1) is 18.4. The molecule has 2 atom stereocenters. The van der Waals surface area contributed by atoms with Crippen molar-refractivity contribution >= 4 is 35.8 Å². The zero-order valence-corrected chi connectivity index (χ0v) is 21.2. The molecule has 2 heterocycles. The number of carbonyl (C=O) groups is 2. The molecule has 0 fully saturated rings. The lowest BCUT2D eigenvalue weighted by atomic mass is 9.92. The highest BCUT2D eigenvalue weighted by Gasteiger charge is 2.35. The number of rotatable bonds is 7. The van der Waals surface area contributed by atoms with E-state index >= 15 is 0 Å². The molecule has 0 spiro atoms. The number of H-pyrrole nitrogens is 1. The summed E-state index contributed by atoms with van der Waals surface area (Å²) in [6, 6.07) is 12.0. The lowest BCUT2D eigenvalue weighted by Gasteiger charge is -2.35. The van der Waals surface area contributed by atoms with Gasteiger partial charge in [0.1, 0.15) is 23.4 Å². The summed E-state index contributed by atoms with van der Waals surface area (Å²) in [5.41, 5.74) is 2.81. The number of hydrogen-bond donors (Lipinski definition) is 3. The van der Waals surface area contributed by atoms with Crippen LogP contribution in [0.1, 0.15) is 29.3 Å². The van der Waals surface area contributed by atoms with Crippen molar-refractivity contribution in [2.45, 2.75) is 24.3 Å². The predicted octanol–water partition coefficient (Wildman–Crippen LogP) is 2.36. The van der Waals surface area contributed by atoms with Crippen LogP contribution in [0.4, 0.5) is 9.18 Å². The predicted molar refractivity (Wildman–Crippen MR) is 140 cm³/mol. The van der Waals surface area contributed by atoms with Gasteiger partial charge in [-0.25, -0.2) is 9.18 Å². The Labute approximate surface area is 223 Å². The first-order valence-corrected chi connectivity index (χ1v) is 12.8. The van der Waals surface area contributed by atoms with Gasteiger partial charge in [0.25, 0.3) is 5.91 Å². The third kappa shape index (κ3) is 5.54. The van der Waals surface area contributed by atoms with Gasteiger partial charge in [-0.15, -0.1) is 11.6 Å². The average Bonchev–Trinajstić information content (AvgIpc) is 3.29. The molecule has 1 aliphatic heterocycles. The number of alkyl halides is 1. The zero-order chi connectivity index (χ0) is 26.6. The second-order valence-corrected chi connectivity index (χ2v) is 9.63. The molecule has 8 nitrogen and oxygen atoms in total. The average molecular weight is 540 g/mol.